The van der Waals surface area contributed by atoms with Crippen LogP contribution in [0.5, 0.6) is 0 Å². The standard InChI is InChI=1S/C11H13ClN2O5S/c1-11(2,3)13-10(15)7-4-8(14(16)17)6-9(5-7)20(12,18)19/h4-6H,1-3H3,(H,13,15). The highest BCUT2D eigenvalue weighted by atomic mass is 35.7. The molecule has 0 radical (unpaired) electrons. The van der Waals surface area contributed by atoms with Crippen molar-refractivity contribution in [3.05, 3.63) is 33.9 Å². The normalized spacial score (nSPS) is 12.0. The van der Waals surface area contributed by atoms with E-state index in [9.17, 15) is 23.3 Å². The van der Waals surface area contributed by atoms with Crippen molar-refractivity contribution in [3.63, 3.8) is 0 Å². The number of carbonyl (C=O) groups excluding carboxylic acids is 1. The lowest BCUT2D eigenvalue weighted by molar-refractivity contribution is -0.385. The second kappa shape index (κ2) is 5.37. The Bertz CT molecular complexity index is 664. The average molecular weight is 321 g/mol. The van der Waals surface area contributed by atoms with Crippen molar-refractivity contribution in [2.75, 3.05) is 0 Å². The van der Waals surface area contributed by atoms with Gasteiger partial charge in [0.05, 0.1) is 9.82 Å². The number of non-ortho nitro benzene ring substituents is 1. The highest BCUT2D eigenvalue weighted by Gasteiger charge is 2.22. The molecule has 0 spiro atoms. The molecular weight excluding hydrogens is 308 g/mol. The topological polar surface area (TPSA) is 106 Å². The van der Waals surface area contributed by atoms with Crippen LogP contribution in [0.3, 0.4) is 0 Å². The Labute approximate surface area is 120 Å². The fraction of sp³-hybridized carbons (Fsp3) is 0.364. The summed E-state index contributed by atoms with van der Waals surface area (Å²) in [7, 11) is 0.992. The molecule has 1 N–H and O–H groups in total. The van der Waals surface area contributed by atoms with Crippen LogP contribution >= 0.6 is 10.7 Å². The number of amides is 1. The molecule has 0 heterocycles. The molecule has 0 aliphatic rings. The van der Waals surface area contributed by atoms with Crippen LogP contribution < -0.4 is 5.32 Å². The van der Waals surface area contributed by atoms with Crippen LogP contribution in [0.4, 0.5) is 5.69 Å². The minimum atomic E-state index is -4.17. The first kappa shape index (κ1) is 16.4. The first-order valence-electron chi connectivity index (χ1n) is 5.47. The Morgan fingerprint density at radius 3 is 2.25 bits per heavy atom. The van der Waals surface area contributed by atoms with Crippen molar-refractivity contribution in [2.45, 2.75) is 31.2 Å². The SMILES string of the molecule is CC(C)(C)NC(=O)c1cc([N+](=O)[O-])cc(S(=O)(=O)Cl)c1. The number of rotatable bonds is 3. The first-order valence-corrected chi connectivity index (χ1v) is 7.78. The molecule has 1 rings (SSSR count). The van der Waals surface area contributed by atoms with Crippen molar-refractivity contribution in [1.29, 1.82) is 0 Å². The Morgan fingerprint density at radius 1 is 1.30 bits per heavy atom. The maximum atomic E-state index is 11.9. The number of halogens is 1. The van der Waals surface area contributed by atoms with Crippen LogP contribution in [0.2, 0.25) is 0 Å². The van der Waals surface area contributed by atoms with Crippen molar-refractivity contribution in [3.8, 4) is 0 Å². The summed E-state index contributed by atoms with van der Waals surface area (Å²) in [5.41, 5.74) is -1.24. The third kappa shape index (κ3) is 4.46. The number of nitrogens with zero attached hydrogens (tertiary/aromatic N) is 1. The second-order valence-corrected chi connectivity index (χ2v) is 7.68. The fourth-order valence-electron chi connectivity index (χ4n) is 1.37. The molecule has 9 heteroatoms. The lowest BCUT2D eigenvalue weighted by Crippen LogP contribution is -2.40. The van der Waals surface area contributed by atoms with E-state index in [2.05, 4.69) is 5.32 Å². The molecule has 1 aromatic carbocycles. The lowest BCUT2D eigenvalue weighted by atomic mass is 10.1. The number of nitro groups is 1. The zero-order valence-electron chi connectivity index (χ0n) is 11.0. The van der Waals surface area contributed by atoms with Crippen LogP contribution in [0.15, 0.2) is 23.1 Å². The smallest absolute Gasteiger partial charge is 0.271 e. The predicted molar refractivity (Wildman–Crippen MR) is 73.4 cm³/mol. The second-order valence-electron chi connectivity index (χ2n) is 5.11. The van der Waals surface area contributed by atoms with E-state index in [-0.39, 0.29) is 5.56 Å². The van der Waals surface area contributed by atoms with Gasteiger partial charge in [0, 0.05) is 33.9 Å². The molecule has 0 unspecified atom stereocenters. The molecular formula is C11H13ClN2O5S. The monoisotopic (exact) mass is 320 g/mol. The van der Waals surface area contributed by atoms with E-state index >= 15 is 0 Å². The molecule has 0 atom stereocenters. The third-order valence-electron chi connectivity index (χ3n) is 2.13. The van der Waals surface area contributed by atoms with Crippen molar-refractivity contribution in [1.82, 2.24) is 5.32 Å². The van der Waals surface area contributed by atoms with E-state index in [0.717, 1.165) is 18.2 Å². The Morgan fingerprint density at radius 2 is 1.85 bits per heavy atom. The van der Waals surface area contributed by atoms with Gasteiger partial charge >= 0.3 is 0 Å². The molecule has 20 heavy (non-hydrogen) atoms. The van der Waals surface area contributed by atoms with E-state index < -0.39 is 36.0 Å². The van der Waals surface area contributed by atoms with E-state index in [1.54, 1.807) is 20.8 Å². The minimum absolute atomic E-state index is 0.145. The summed E-state index contributed by atoms with van der Waals surface area (Å²) in [5.74, 6) is -0.622. The summed E-state index contributed by atoms with van der Waals surface area (Å²) in [6.07, 6.45) is 0. The van der Waals surface area contributed by atoms with Crippen molar-refractivity contribution < 1.29 is 18.1 Å². The quantitative estimate of drug-likeness (QED) is 0.521. The van der Waals surface area contributed by atoms with Gasteiger partial charge in [-0.25, -0.2) is 8.42 Å². The summed E-state index contributed by atoms with van der Waals surface area (Å²) >= 11 is 0. The van der Waals surface area contributed by atoms with Crippen LogP contribution in [-0.4, -0.2) is 24.8 Å². The third-order valence-corrected chi connectivity index (χ3v) is 3.47. The Hall–Kier alpha value is -1.67. The zero-order chi connectivity index (χ0) is 15.7. The highest BCUT2D eigenvalue weighted by Crippen LogP contribution is 2.23. The van der Waals surface area contributed by atoms with Crippen LogP contribution in [-0.2, 0) is 9.05 Å². The van der Waals surface area contributed by atoms with Gasteiger partial charge in [-0.15, -0.1) is 0 Å². The van der Waals surface area contributed by atoms with Crippen LogP contribution in [0, 0.1) is 10.1 Å². The van der Waals surface area contributed by atoms with Gasteiger partial charge in [-0.2, -0.15) is 0 Å². The van der Waals surface area contributed by atoms with Crippen LogP contribution in [0.25, 0.3) is 0 Å². The number of benzene rings is 1. The Kier molecular flexibility index (Phi) is 4.40. The van der Waals surface area contributed by atoms with Gasteiger partial charge in [-0.1, -0.05) is 0 Å². The Balaban J connectivity index is 3.37. The number of hydrogen-bond donors (Lipinski definition) is 1. The molecule has 1 aromatic rings. The van der Waals surface area contributed by atoms with Gasteiger partial charge in [0.25, 0.3) is 20.6 Å². The van der Waals surface area contributed by atoms with E-state index in [1.165, 1.54) is 0 Å². The van der Waals surface area contributed by atoms with Gasteiger partial charge in [-0.05, 0) is 26.8 Å². The van der Waals surface area contributed by atoms with Crippen LogP contribution in [0.1, 0.15) is 31.1 Å². The van der Waals surface area contributed by atoms with Gasteiger partial charge in [0.15, 0.2) is 0 Å². The summed E-state index contributed by atoms with van der Waals surface area (Å²) in [6, 6.07) is 2.79. The molecule has 0 saturated heterocycles. The molecule has 1 amide bonds. The molecule has 0 bridgehead atoms. The van der Waals surface area contributed by atoms with E-state index in [0.29, 0.717) is 0 Å². The van der Waals surface area contributed by atoms with E-state index in [1.807, 2.05) is 0 Å². The number of nitro benzene ring substituents is 1. The number of hydrogen-bond acceptors (Lipinski definition) is 5. The highest BCUT2D eigenvalue weighted by molar-refractivity contribution is 8.13. The zero-order valence-corrected chi connectivity index (χ0v) is 12.6. The maximum Gasteiger partial charge on any atom is 0.271 e. The lowest BCUT2D eigenvalue weighted by Gasteiger charge is -2.20. The van der Waals surface area contributed by atoms with Gasteiger partial charge < -0.3 is 5.32 Å². The summed E-state index contributed by atoms with van der Waals surface area (Å²) in [6.45, 7) is 5.17. The van der Waals surface area contributed by atoms with Gasteiger partial charge in [0.2, 0.25) is 0 Å². The largest absolute Gasteiger partial charge is 0.347 e. The van der Waals surface area contributed by atoms with Crippen molar-refractivity contribution in [2.24, 2.45) is 0 Å². The first-order chi connectivity index (χ1) is 8.90. The molecule has 0 fully saturated rings. The molecule has 0 aliphatic heterocycles. The average Bonchev–Trinajstić information content (AvgIpc) is 2.24. The number of nitrogens with one attached hydrogen (secondary N) is 1. The molecule has 0 aromatic heterocycles. The summed E-state index contributed by atoms with van der Waals surface area (Å²) < 4.78 is 22.6. The fourth-order valence-corrected chi connectivity index (χ4v) is 2.17. The van der Waals surface area contributed by atoms with Gasteiger partial charge in [0.1, 0.15) is 0 Å². The minimum Gasteiger partial charge on any atom is -0.347 e. The van der Waals surface area contributed by atoms with E-state index in [4.69, 9.17) is 10.7 Å². The molecule has 0 saturated carbocycles. The summed E-state index contributed by atoms with van der Waals surface area (Å²) in [5, 5.41) is 13.4. The van der Waals surface area contributed by atoms with Gasteiger partial charge in [-0.3, -0.25) is 14.9 Å². The molecule has 0 aliphatic carbocycles. The summed E-state index contributed by atoms with van der Waals surface area (Å²) in [4.78, 5) is 21.4. The van der Waals surface area contributed by atoms with Crippen molar-refractivity contribution >= 4 is 31.3 Å². The molecule has 110 valence electrons. The molecule has 7 nitrogen and oxygen atoms in total. The predicted octanol–water partition coefficient (Wildman–Crippen LogP) is 2.05. The number of carbonyl (C=O) groups is 1. The maximum absolute atomic E-state index is 11.9.